The summed E-state index contributed by atoms with van der Waals surface area (Å²) in [5.41, 5.74) is 5.82. The lowest BCUT2D eigenvalue weighted by Gasteiger charge is -2.40. The molecule has 1 rings (SSSR count). The van der Waals surface area contributed by atoms with Crippen LogP contribution in [0.25, 0.3) is 0 Å². The molecule has 1 saturated heterocycles. The molecule has 0 amide bonds. The standard InChI is InChI=1S/C12H26N2/c1-10(2)7-8-14-11(3)5-4-6-12(14)9-13/h10-12H,4-9,13H2,1-3H3. The average molecular weight is 198 g/mol. The first kappa shape index (κ1) is 12.0. The Hall–Kier alpha value is -0.0800. The van der Waals surface area contributed by atoms with Crippen LogP contribution in [0.5, 0.6) is 0 Å². The Morgan fingerprint density at radius 1 is 1.36 bits per heavy atom. The third kappa shape index (κ3) is 3.25. The van der Waals surface area contributed by atoms with Gasteiger partial charge in [0, 0.05) is 18.6 Å². The first-order valence-electron chi connectivity index (χ1n) is 6.11. The summed E-state index contributed by atoms with van der Waals surface area (Å²) in [6, 6.07) is 1.40. The van der Waals surface area contributed by atoms with E-state index in [4.69, 9.17) is 5.73 Å². The van der Waals surface area contributed by atoms with Gasteiger partial charge in [-0.15, -0.1) is 0 Å². The number of nitrogens with two attached hydrogens (primary N) is 1. The molecule has 1 fully saturated rings. The topological polar surface area (TPSA) is 29.3 Å². The maximum Gasteiger partial charge on any atom is 0.0221 e. The van der Waals surface area contributed by atoms with E-state index in [1.165, 1.54) is 32.2 Å². The summed E-state index contributed by atoms with van der Waals surface area (Å²) >= 11 is 0. The van der Waals surface area contributed by atoms with Crippen molar-refractivity contribution in [2.75, 3.05) is 13.1 Å². The second-order valence-corrected chi connectivity index (χ2v) is 5.09. The van der Waals surface area contributed by atoms with Crippen molar-refractivity contribution in [1.29, 1.82) is 0 Å². The molecule has 2 atom stereocenters. The first-order chi connectivity index (χ1) is 6.65. The Morgan fingerprint density at radius 3 is 2.64 bits per heavy atom. The lowest BCUT2D eigenvalue weighted by atomic mass is 9.95. The zero-order chi connectivity index (χ0) is 10.6. The molecule has 2 N–H and O–H groups in total. The highest BCUT2D eigenvalue weighted by atomic mass is 15.2. The Balaban J connectivity index is 2.42. The van der Waals surface area contributed by atoms with Gasteiger partial charge in [-0.05, 0) is 38.6 Å². The summed E-state index contributed by atoms with van der Waals surface area (Å²) in [5.74, 6) is 0.808. The highest BCUT2D eigenvalue weighted by Crippen LogP contribution is 2.22. The van der Waals surface area contributed by atoms with Gasteiger partial charge in [0.1, 0.15) is 0 Å². The number of nitrogens with zero attached hydrogens (tertiary/aromatic N) is 1. The van der Waals surface area contributed by atoms with Crippen LogP contribution in [0.1, 0.15) is 46.5 Å². The second-order valence-electron chi connectivity index (χ2n) is 5.09. The molecule has 84 valence electrons. The molecule has 1 heterocycles. The predicted octanol–water partition coefficient (Wildman–Crippen LogP) is 2.23. The summed E-state index contributed by atoms with van der Waals surface area (Å²) in [6.07, 6.45) is 5.33. The maximum absolute atomic E-state index is 5.82. The minimum atomic E-state index is 0.650. The van der Waals surface area contributed by atoms with Crippen LogP contribution in [-0.2, 0) is 0 Å². The van der Waals surface area contributed by atoms with E-state index < -0.39 is 0 Å². The van der Waals surface area contributed by atoms with Crippen LogP contribution in [0, 0.1) is 5.92 Å². The van der Waals surface area contributed by atoms with E-state index in [-0.39, 0.29) is 0 Å². The molecule has 0 aromatic rings. The second kappa shape index (κ2) is 5.72. The lowest BCUT2D eigenvalue weighted by Crippen LogP contribution is -2.49. The van der Waals surface area contributed by atoms with E-state index in [2.05, 4.69) is 25.7 Å². The third-order valence-electron chi connectivity index (χ3n) is 3.43. The minimum Gasteiger partial charge on any atom is -0.329 e. The third-order valence-corrected chi connectivity index (χ3v) is 3.43. The molecule has 0 spiro atoms. The van der Waals surface area contributed by atoms with Crippen LogP contribution in [0.3, 0.4) is 0 Å². The van der Waals surface area contributed by atoms with E-state index in [1.807, 2.05) is 0 Å². The maximum atomic E-state index is 5.82. The Bertz CT molecular complexity index is 156. The van der Waals surface area contributed by atoms with E-state index >= 15 is 0 Å². The number of likely N-dealkylation sites (tertiary alicyclic amines) is 1. The fraction of sp³-hybridized carbons (Fsp3) is 1.00. The fourth-order valence-electron chi connectivity index (χ4n) is 2.40. The van der Waals surface area contributed by atoms with E-state index in [1.54, 1.807) is 0 Å². The lowest BCUT2D eigenvalue weighted by molar-refractivity contribution is 0.0919. The highest BCUT2D eigenvalue weighted by Gasteiger charge is 2.26. The zero-order valence-electron chi connectivity index (χ0n) is 10.00. The summed E-state index contributed by atoms with van der Waals surface area (Å²) in [4.78, 5) is 2.63. The van der Waals surface area contributed by atoms with E-state index in [9.17, 15) is 0 Å². The molecule has 0 radical (unpaired) electrons. The van der Waals surface area contributed by atoms with Crippen molar-refractivity contribution in [3.63, 3.8) is 0 Å². The van der Waals surface area contributed by atoms with Gasteiger partial charge in [0.25, 0.3) is 0 Å². The quantitative estimate of drug-likeness (QED) is 0.750. The van der Waals surface area contributed by atoms with Gasteiger partial charge in [0.15, 0.2) is 0 Å². The zero-order valence-corrected chi connectivity index (χ0v) is 10.00. The van der Waals surface area contributed by atoms with Crippen molar-refractivity contribution >= 4 is 0 Å². The van der Waals surface area contributed by atoms with Gasteiger partial charge < -0.3 is 5.73 Å². The monoisotopic (exact) mass is 198 g/mol. The Labute approximate surface area is 88.8 Å². The van der Waals surface area contributed by atoms with Crippen LogP contribution in [0.4, 0.5) is 0 Å². The van der Waals surface area contributed by atoms with Gasteiger partial charge in [-0.2, -0.15) is 0 Å². The molecule has 2 heteroatoms. The van der Waals surface area contributed by atoms with Gasteiger partial charge in [-0.1, -0.05) is 20.3 Å². The molecule has 14 heavy (non-hydrogen) atoms. The van der Waals surface area contributed by atoms with Gasteiger partial charge in [-0.25, -0.2) is 0 Å². The molecule has 1 aliphatic rings. The Morgan fingerprint density at radius 2 is 2.07 bits per heavy atom. The summed E-state index contributed by atoms with van der Waals surface area (Å²) in [5, 5.41) is 0. The van der Waals surface area contributed by atoms with Crippen molar-refractivity contribution in [3.05, 3.63) is 0 Å². The fourth-order valence-corrected chi connectivity index (χ4v) is 2.40. The van der Waals surface area contributed by atoms with Crippen LogP contribution in [0.15, 0.2) is 0 Å². The SMILES string of the molecule is CC(C)CCN1C(C)CCCC1CN. The highest BCUT2D eigenvalue weighted by molar-refractivity contribution is 4.82. The molecule has 2 nitrogen and oxygen atoms in total. The molecule has 0 aliphatic carbocycles. The number of rotatable bonds is 4. The Kier molecular flexibility index (Phi) is 4.90. The number of hydrogen-bond donors (Lipinski definition) is 1. The number of hydrogen-bond acceptors (Lipinski definition) is 2. The van der Waals surface area contributed by atoms with Crippen LogP contribution in [0.2, 0.25) is 0 Å². The van der Waals surface area contributed by atoms with Gasteiger partial charge >= 0.3 is 0 Å². The first-order valence-corrected chi connectivity index (χ1v) is 6.11. The normalized spacial score (nSPS) is 29.8. The molecule has 0 aromatic heterocycles. The van der Waals surface area contributed by atoms with Crippen molar-refractivity contribution in [2.24, 2.45) is 11.7 Å². The average Bonchev–Trinajstić information content (AvgIpc) is 2.15. The predicted molar refractivity (Wildman–Crippen MR) is 62.3 cm³/mol. The van der Waals surface area contributed by atoms with Crippen molar-refractivity contribution in [2.45, 2.75) is 58.5 Å². The van der Waals surface area contributed by atoms with Crippen molar-refractivity contribution in [1.82, 2.24) is 4.90 Å². The van der Waals surface area contributed by atoms with Gasteiger partial charge in [0.2, 0.25) is 0 Å². The molecule has 0 saturated carbocycles. The van der Waals surface area contributed by atoms with Gasteiger partial charge in [0.05, 0.1) is 0 Å². The van der Waals surface area contributed by atoms with Gasteiger partial charge in [-0.3, -0.25) is 4.90 Å². The van der Waals surface area contributed by atoms with Crippen LogP contribution in [-0.4, -0.2) is 30.1 Å². The summed E-state index contributed by atoms with van der Waals surface area (Å²) in [7, 11) is 0. The number of piperidine rings is 1. The molecule has 1 aliphatic heterocycles. The van der Waals surface area contributed by atoms with Crippen molar-refractivity contribution < 1.29 is 0 Å². The molecule has 2 unspecified atom stereocenters. The largest absolute Gasteiger partial charge is 0.329 e. The molecular weight excluding hydrogens is 172 g/mol. The smallest absolute Gasteiger partial charge is 0.0221 e. The van der Waals surface area contributed by atoms with Crippen LogP contribution >= 0.6 is 0 Å². The minimum absolute atomic E-state index is 0.650. The molecular formula is C12H26N2. The summed E-state index contributed by atoms with van der Waals surface area (Å²) < 4.78 is 0. The van der Waals surface area contributed by atoms with Crippen molar-refractivity contribution in [3.8, 4) is 0 Å². The van der Waals surface area contributed by atoms with E-state index in [0.717, 1.165) is 18.5 Å². The summed E-state index contributed by atoms with van der Waals surface area (Å²) in [6.45, 7) is 9.02. The van der Waals surface area contributed by atoms with E-state index in [0.29, 0.717) is 6.04 Å². The van der Waals surface area contributed by atoms with Crippen LogP contribution < -0.4 is 5.73 Å². The molecule has 0 aromatic carbocycles. The molecule has 0 bridgehead atoms.